The van der Waals surface area contributed by atoms with E-state index in [1.807, 2.05) is 27.7 Å². The minimum Gasteiger partial charge on any atom is -0.476 e. The number of imidazole rings is 1. The molecule has 0 radical (unpaired) electrons. The third-order valence-corrected chi connectivity index (χ3v) is 5.50. The molecule has 0 N–H and O–H groups in total. The molecule has 1 saturated carbocycles. The van der Waals surface area contributed by atoms with Crippen molar-refractivity contribution in [1.82, 2.24) is 34.5 Å². The first-order valence-electron chi connectivity index (χ1n) is 9.80. The van der Waals surface area contributed by atoms with Gasteiger partial charge in [0.1, 0.15) is 0 Å². The molecular formula is C19H23N7O2. The quantitative estimate of drug-likeness (QED) is 0.668. The summed E-state index contributed by atoms with van der Waals surface area (Å²) in [5, 5.41) is 12.3. The van der Waals surface area contributed by atoms with Crippen LogP contribution >= 0.6 is 0 Å². The van der Waals surface area contributed by atoms with Crippen LogP contribution in [0.2, 0.25) is 0 Å². The average molecular weight is 381 g/mol. The van der Waals surface area contributed by atoms with Gasteiger partial charge in [0.05, 0.1) is 24.7 Å². The van der Waals surface area contributed by atoms with Crippen molar-refractivity contribution in [2.75, 3.05) is 19.7 Å². The van der Waals surface area contributed by atoms with E-state index in [4.69, 9.17) is 4.74 Å². The van der Waals surface area contributed by atoms with E-state index in [0.717, 1.165) is 24.2 Å². The van der Waals surface area contributed by atoms with Gasteiger partial charge in [-0.25, -0.2) is 9.50 Å². The highest BCUT2D eigenvalue weighted by Crippen LogP contribution is 2.39. The van der Waals surface area contributed by atoms with Crippen molar-refractivity contribution in [3.05, 3.63) is 35.9 Å². The highest BCUT2D eigenvalue weighted by atomic mass is 16.5. The maximum absolute atomic E-state index is 12.4. The van der Waals surface area contributed by atoms with Gasteiger partial charge in [0.25, 0.3) is 5.91 Å². The number of piperidine rings is 1. The number of hydrogen-bond acceptors (Lipinski definition) is 6. The van der Waals surface area contributed by atoms with Gasteiger partial charge >= 0.3 is 0 Å². The molecule has 1 aliphatic heterocycles. The largest absolute Gasteiger partial charge is 0.476 e. The molecule has 28 heavy (non-hydrogen) atoms. The summed E-state index contributed by atoms with van der Waals surface area (Å²) < 4.78 is 9.29. The number of amides is 1. The van der Waals surface area contributed by atoms with Gasteiger partial charge in [0.2, 0.25) is 5.88 Å². The standard InChI is InChI=1S/C19H23N7O2/c1-24-10-16(21-23-24)19(27)25-8-6-13(7-9-25)12-28-18-5-4-17-20-15(14-2-3-14)11-26(17)22-18/h4-5,10-11,13-14H,2-3,6-9,12H2,1H3. The van der Waals surface area contributed by atoms with Crippen LogP contribution in [0.15, 0.2) is 24.5 Å². The summed E-state index contributed by atoms with van der Waals surface area (Å²) in [4.78, 5) is 18.9. The van der Waals surface area contributed by atoms with E-state index in [-0.39, 0.29) is 5.91 Å². The van der Waals surface area contributed by atoms with E-state index in [9.17, 15) is 4.79 Å². The zero-order valence-corrected chi connectivity index (χ0v) is 15.9. The summed E-state index contributed by atoms with van der Waals surface area (Å²) in [7, 11) is 1.76. The highest BCUT2D eigenvalue weighted by molar-refractivity contribution is 5.91. The SMILES string of the molecule is Cn1cc(C(=O)N2CCC(COc3ccc4nc(C5CC5)cn4n3)CC2)nn1. The Kier molecular flexibility index (Phi) is 4.22. The van der Waals surface area contributed by atoms with E-state index < -0.39 is 0 Å². The summed E-state index contributed by atoms with van der Waals surface area (Å²) >= 11 is 0. The normalized spacial score (nSPS) is 18.0. The second-order valence-corrected chi connectivity index (χ2v) is 7.74. The minimum absolute atomic E-state index is 0.0499. The van der Waals surface area contributed by atoms with Crippen molar-refractivity contribution in [2.45, 2.75) is 31.6 Å². The Balaban J connectivity index is 1.15. The fraction of sp³-hybridized carbons (Fsp3) is 0.526. The van der Waals surface area contributed by atoms with Crippen LogP contribution in [0.5, 0.6) is 5.88 Å². The fourth-order valence-corrected chi connectivity index (χ4v) is 3.65. The smallest absolute Gasteiger partial charge is 0.276 e. The number of carbonyl (C=O) groups excluding carboxylic acids is 1. The molecule has 3 aromatic rings. The van der Waals surface area contributed by atoms with Crippen molar-refractivity contribution >= 4 is 11.6 Å². The molecule has 0 spiro atoms. The van der Waals surface area contributed by atoms with Crippen LogP contribution < -0.4 is 4.74 Å². The number of carbonyl (C=O) groups is 1. The molecular weight excluding hydrogens is 358 g/mol. The summed E-state index contributed by atoms with van der Waals surface area (Å²) in [6, 6.07) is 3.84. The topological polar surface area (TPSA) is 90.4 Å². The van der Waals surface area contributed by atoms with Crippen molar-refractivity contribution < 1.29 is 9.53 Å². The lowest BCUT2D eigenvalue weighted by Crippen LogP contribution is -2.39. The van der Waals surface area contributed by atoms with Crippen LogP contribution in [0.4, 0.5) is 0 Å². The minimum atomic E-state index is -0.0499. The van der Waals surface area contributed by atoms with Crippen LogP contribution in [0.3, 0.4) is 0 Å². The van der Waals surface area contributed by atoms with Crippen LogP contribution in [0, 0.1) is 5.92 Å². The fourth-order valence-electron chi connectivity index (χ4n) is 3.65. The molecule has 3 aromatic heterocycles. The van der Waals surface area contributed by atoms with Gasteiger partial charge in [-0.05, 0) is 37.7 Å². The molecule has 4 heterocycles. The van der Waals surface area contributed by atoms with E-state index in [2.05, 4.69) is 20.4 Å². The lowest BCUT2D eigenvalue weighted by Gasteiger charge is -2.31. The maximum atomic E-state index is 12.4. The second-order valence-electron chi connectivity index (χ2n) is 7.74. The molecule has 1 aliphatic carbocycles. The van der Waals surface area contributed by atoms with E-state index >= 15 is 0 Å². The number of fused-ring (bicyclic) bond motifs is 1. The first kappa shape index (κ1) is 17.2. The van der Waals surface area contributed by atoms with Crippen LogP contribution in [-0.4, -0.2) is 60.1 Å². The summed E-state index contributed by atoms with van der Waals surface area (Å²) in [5.41, 5.74) is 2.40. The van der Waals surface area contributed by atoms with E-state index in [0.29, 0.717) is 43.1 Å². The second kappa shape index (κ2) is 6.88. The first-order valence-corrected chi connectivity index (χ1v) is 9.80. The molecule has 146 valence electrons. The number of aryl methyl sites for hydroxylation is 1. The number of rotatable bonds is 5. The predicted molar refractivity (Wildman–Crippen MR) is 100 cm³/mol. The van der Waals surface area contributed by atoms with Crippen LogP contribution in [0.25, 0.3) is 5.65 Å². The predicted octanol–water partition coefficient (Wildman–Crippen LogP) is 1.67. The Labute approximate surface area is 162 Å². The Morgan fingerprint density at radius 3 is 2.71 bits per heavy atom. The summed E-state index contributed by atoms with van der Waals surface area (Å²) in [6.45, 7) is 2.03. The Bertz CT molecular complexity index is 999. The average Bonchev–Trinajstić information content (AvgIpc) is 3.34. The lowest BCUT2D eigenvalue weighted by molar-refractivity contribution is 0.0653. The maximum Gasteiger partial charge on any atom is 0.276 e. The summed E-state index contributed by atoms with van der Waals surface area (Å²) in [6.07, 6.45) is 7.94. The number of hydrogen-bond donors (Lipinski definition) is 0. The molecule has 5 rings (SSSR count). The van der Waals surface area contributed by atoms with E-state index in [1.165, 1.54) is 12.8 Å². The molecule has 2 aliphatic rings. The van der Waals surface area contributed by atoms with Gasteiger partial charge in [0, 0.05) is 32.1 Å². The van der Waals surface area contributed by atoms with Crippen molar-refractivity contribution in [3.8, 4) is 5.88 Å². The van der Waals surface area contributed by atoms with Gasteiger partial charge in [0.15, 0.2) is 11.3 Å². The number of ether oxygens (including phenoxy) is 1. The third-order valence-electron chi connectivity index (χ3n) is 5.50. The summed E-state index contributed by atoms with van der Waals surface area (Å²) in [5.74, 6) is 1.59. The van der Waals surface area contributed by atoms with E-state index in [1.54, 1.807) is 17.9 Å². The van der Waals surface area contributed by atoms with Crippen molar-refractivity contribution in [1.29, 1.82) is 0 Å². The van der Waals surface area contributed by atoms with Gasteiger partial charge < -0.3 is 9.64 Å². The Hall–Kier alpha value is -2.97. The Morgan fingerprint density at radius 2 is 2.00 bits per heavy atom. The molecule has 0 bridgehead atoms. The molecule has 2 fully saturated rings. The van der Waals surface area contributed by atoms with Crippen molar-refractivity contribution in [3.63, 3.8) is 0 Å². The zero-order valence-electron chi connectivity index (χ0n) is 15.9. The number of nitrogens with zero attached hydrogens (tertiary/aromatic N) is 7. The van der Waals surface area contributed by atoms with Crippen LogP contribution in [-0.2, 0) is 7.05 Å². The Morgan fingerprint density at radius 1 is 1.18 bits per heavy atom. The third kappa shape index (κ3) is 3.44. The molecule has 9 nitrogen and oxygen atoms in total. The number of aromatic nitrogens is 6. The number of likely N-dealkylation sites (tertiary alicyclic amines) is 1. The lowest BCUT2D eigenvalue weighted by atomic mass is 9.97. The molecule has 0 aromatic carbocycles. The zero-order chi connectivity index (χ0) is 19.1. The van der Waals surface area contributed by atoms with Crippen molar-refractivity contribution in [2.24, 2.45) is 13.0 Å². The molecule has 0 unspecified atom stereocenters. The first-order chi connectivity index (χ1) is 13.7. The molecule has 1 amide bonds. The molecule has 9 heteroatoms. The monoisotopic (exact) mass is 381 g/mol. The molecule has 0 atom stereocenters. The highest BCUT2D eigenvalue weighted by Gasteiger charge is 2.27. The van der Waals surface area contributed by atoms with Gasteiger partial charge in [-0.2, -0.15) is 0 Å². The van der Waals surface area contributed by atoms with Crippen LogP contribution in [0.1, 0.15) is 47.8 Å². The van der Waals surface area contributed by atoms with Gasteiger partial charge in [-0.15, -0.1) is 10.2 Å². The van der Waals surface area contributed by atoms with Gasteiger partial charge in [-0.1, -0.05) is 5.21 Å². The van der Waals surface area contributed by atoms with Gasteiger partial charge in [-0.3, -0.25) is 9.48 Å². The molecule has 1 saturated heterocycles.